The lowest BCUT2D eigenvalue weighted by Gasteiger charge is -2.42. The van der Waals surface area contributed by atoms with Crippen molar-refractivity contribution >= 4 is 8.32 Å². The number of unbranched alkanes of at least 4 members (excludes halogenated alkanes) is 3. The van der Waals surface area contributed by atoms with Gasteiger partial charge in [0, 0.05) is 13.2 Å². The summed E-state index contributed by atoms with van der Waals surface area (Å²) < 4.78 is 6.47. The van der Waals surface area contributed by atoms with Gasteiger partial charge in [-0.15, -0.1) is 0 Å². The molecule has 0 unspecified atom stereocenters. The second kappa shape index (κ2) is 9.11. The molecule has 0 saturated heterocycles. The first-order valence-corrected chi connectivity index (χ1v) is 9.78. The monoisotopic (exact) mass is 274 g/mol. The predicted molar refractivity (Wildman–Crippen MR) is 82.6 cm³/mol. The third kappa shape index (κ3) is 5.02. The minimum Gasteiger partial charge on any atom is -0.416 e. The van der Waals surface area contributed by atoms with Crippen molar-refractivity contribution in [1.82, 2.24) is 0 Å². The number of rotatable bonds is 10. The quantitative estimate of drug-likeness (QED) is 0.461. The molecule has 0 aliphatic carbocycles. The van der Waals surface area contributed by atoms with E-state index in [1.54, 1.807) is 0 Å². The molecule has 110 valence electrons. The molecule has 0 rings (SSSR count). The maximum Gasteiger partial charge on any atom is 0.200 e. The van der Waals surface area contributed by atoms with Gasteiger partial charge in [-0.2, -0.15) is 0 Å². The molecule has 2 nitrogen and oxygen atoms in total. The van der Waals surface area contributed by atoms with E-state index in [4.69, 9.17) is 9.53 Å². The summed E-state index contributed by atoms with van der Waals surface area (Å²) in [5.41, 5.74) is 2.03. The molecule has 0 aromatic heterocycles. The van der Waals surface area contributed by atoms with E-state index in [1.807, 2.05) is 0 Å². The van der Waals surface area contributed by atoms with Gasteiger partial charge in [0.2, 0.25) is 0 Å². The Hall–Kier alpha value is 0.137. The molecule has 3 heteroatoms. The Morgan fingerprint density at radius 3 is 1.61 bits per heavy atom. The van der Waals surface area contributed by atoms with Crippen molar-refractivity contribution in [2.75, 3.05) is 13.2 Å². The largest absolute Gasteiger partial charge is 0.416 e. The molecule has 0 aromatic carbocycles. The highest BCUT2D eigenvalue weighted by Gasteiger charge is 2.44. The molecule has 0 aliphatic rings. The van der Waals surface area contributed by atoms with Crippen LogP contribution in [-0.4, -0.2) is 26.6 Å². The summed E-state index contributed by atoms with van der Waals surface area (Å²) in [5, 5.41) is 8.75. The van der Waals surface area contributed by atoms with Gasteiger partial charge in [0.1, 0.15) is 0 Å². The second-order valence-electron chi connectivity index (χ2n) is 6.30. The summed E-state index contributed by atoms with van der Waals surface area (Å²) in [6.45, 7) is 15.2. The van der Waals surface area contributed by atoms with Gasteiger partial charge < -0.3 is 9.53 Å². The number of hydrogen-bond donors (Lipinski definition) is 1. The van der Waals surface area contributed by atoms with Gasteiger partial charge in [-0.25, -0.2) is 0 Å². The Morgan fingerprint density at radius 1 is 0.778 bits per heavy atom. The number of aliphatic hydroxyl groups excluding tert-OH is 1. The van der Waals surface area contributed by atoms with Crippen molar-refractivity contribution in [2.24, 2.45) is 0 Å². The van der Waals surface area contributed by atoms with Crippen LogP contribution >= 0.6 is 0 Å². The molecule has 0 amide bonds. The maximum absolute atomic E-state index is 8.75. The van der Waals surface area contributed by atoms with E-state index < -0.39 is 8.32 Å². The minimum atomic E-state index is -1.65. The summed E-state index contributed by atoms with van der Waals surface area (Å²) in [6, 6.07) is 0. The molecule has 0 aromatic rings. The standard InChI is InChI=1S/C15H34O2Si/c1-13(2)18(14(3)4,15(5)6)17-12-10-8-7-9-11-16/h13-16H,7-12H2,1-6H3. The van der Waals surface area contributed by atoms with E-state index in [0.717, 1.165) is 25.9 Å². The van der Waals surface area contributed by atoms with Crippen LogP contribution in [0.1, 0.15) is 67.2 Å². The molecule has 0 radical (unpaired) electrons. The van der Waals surface area contributed by atoms with Gasteiger partial charge in [-0.05, 0) is 29.5 Å². The highest BCUT2D eigenvalue weighted by molar-refractivity contribution is 6.77. The van der Waals surface area contributed by atoms with Crippen molar-refractivity contribution in [3.05, 3.63) is 0 Å². The van der Waals surface area contributed by atoms with Crippen molar-refractivity contribution in [1.29, 1.82) is 0 Å². The SMILES string of the molecule is CC(C)[Si](OCCCCCCO)(C(C)C)C(C)C. The summed E-state index contributed by atoms with van der Waals surface area (Å²) >= 11 is 0. The maximum atomic E-state index is 8.75. The zero-order chi connectivity index (χ0) is 14.2. The van der Waals surface area contributed by atoms with E-state index >= 15 is 0 Å². The molecule has 0 heterocycles. The van der Waals surface area contributed by atoms with E-state index in [9.17, 15) is 0 Å². The molecular formula is C15H34O2Si. The fourth-order valence-electron chi connectivity index (χ4n) is 3.32. The third-order valence-electron chi connectivity index (χ3n) is 4.11. The Labute approximate surface area is 115 Å². The van der Waals surface area contributed by atoms with Gasteiger partial charge >= 0.3 is 0 Å². The third-order valence-corrected chi connectivity index (χ3v) is 10.2. The Morgan fingerprint density at radius 2 is 1.22 bits per heavy atom. The van der Waals surface area contributed by atoms with Crippen molar-refractivity contribution in [2.45, 2.75) is 83.8 Å². The highest BCUT2D eigenvalue weighted by atomic mass is 28.4. The van der Waals surface area contributed by atoms with Crippen molar-refractivity contribution in [3.8, 4) is 0 Å². The molecule has 18 heavy (non-hydrogen) atoms. The average Bonchev–Trinajstić information content (AvgIpc) is 2.26. The van der Waals surface area contributed by atoms with Crippen LogP contribution in [0.3, 0.4) is 0 Å². The fraction of sp³-hybridized carbons (Fsp3) is 1.00. The Balaban J connectivity index is 4.26. The van der Waals surface area contributed by atoms with Gasteiger partial charge in [-0.3, -0.25) is 0 Å². The summed E-state index contributed by atoms with van der Waals surface area (Å²) in [6.07, 6.45) is 4.38. The van der Waals surface area contributed by atoms with E-state index in [1.165, 1.54) is 6.42 Å². The second-order valence-corrected chi connectivity index (χ2v) is 11.8. The molecular weight excluding hydrogens is 240 g/mol. The average molecular weight is 275 g/mol. The zero-order valence-corrected chi connectivity index (χ0v) is 14.3. The summed E-state index contributed by atoms with van der Waals surface area (Å²) in [4.78, 5) is 0. The highest BCUT2D eigenvalue weighted by Crippen LogP contribution is 2.42. The van der Waals surface area contributed by atoms with Gasteiger partial charge in [0.15, 0.2) is 8.32 Å². The van der Waals surface area contributed by atoms with Gasteiger partial charge in [0.25, 0.3) is 0 Å². The van der Waals surface area contributed by atoms with Crippen LogP contribution in [0.2, 0.25) is 16.6 Å². The lowest BCUT2D eigenvalue weighted by Crippen LogP contribution is -2.47. The zero-order valence-electron chi connectivity index (χ0n) is 13.3. The number of aliphatic hydroxyl groups is 1. The smallest absolute Gasteiger partial charge is 0.200 e. The normalized spacial score (nSPS) is 13.0. The van der Waals surface area contributed by atoms with Crippen LogP contribution in [0, 0.1) is 0 Å². The van der Waals surface area contributed by atoms with Gasteiger partial charge in [-0.1, -0.05) is 54.4 Å². The molecule has 0 bridgehead atoms. The predicted octanol–water partition coefficient (Wildman–Crippen LogP) is 4.73. The molecule has 0 fully saturated rings. The van der Waals surface area contributed by atoms with Gasteiger partial charge in [0.05, 0.1) is 0 Å². The van der Waals surface area contributed by atoms with Crippen molar-refractivity contribution in [3.63, 3.8) is 0 Å². The summed E-state index contributed by atoms with van der Waals surface area (Å²) in [5.74, 6) is 0. The minimum absolute atomic E-state index is 0.323. The molecule has 0 spiro atoms. The van der Waals surface area contributed by atoms with Crippen LogP contribution in [0.15, 0.2) is 0 Å². The lowest BCUT2D eigenvalue weighted by atomic mass is 10.2. The first kappa shape index (κ1) is 18.1. The lowest BCUT2D eigenvalue weighted by molar-refractivity contribution is 0.258. The Bertz CT molecular complexity index is 181. The summed E-state index contributed by atoms with van der Waals surface area (Å²) in [7, 11) is -1.65. The van der Waals surface area contributed by atoms with Crippen LogP contribution < -0.4 is 0 Å². The fourth-order valence-corrected chi connectivity index (χ4v) is 8.81. The first-order valence-electron chi connectivity index (χ1n) is 7.64. The topological polar surface area (TPSA) is 29.5 Å². The van der Waals surface area contributed by atoms with E-state index in [-0.39, 0.29) is 0 Å². The first-order chi connectivity index (χ1) is 8.39. The van der Waals surface area contributed by atoms with Crippen LogP contribution in [0.5, 0.6) is 0 Å². The van der Waals surface area contributed by atoms with E-state index in [2.05, 4.69) is 41.5 Å². The van der Waals surface area contributed by atoms with Crippen LogP contribution in [0.25, 0.3) is 0 Å². The molecule has 0 saturated carbocycles. The molecule has 0 aliphatic heterocycles. The van der Waals surface area contributed by atoms with Crippen LogP contribution in [-0.2, 0) is 4.43 Å². The Kier molecular flexibility index (Phi) is 9.18. The van der Waals surface area contributed by atoms with E-state index in [0.29, 0.717) is 23.2 Å². The van der Waals surface area contributed by atoms with Crippen molar-refractivity contribution < 1.29 is 9.53 Å². The molecule has 0 atom stereocenters. The van der Waals surface area contributed by atoms with Crippen LogP contribution in [0.4, 0.5) is 0 Å². The number of hydrogen-bond acceptors (Lipinski definition) is 2. The molecule has 1 N–H and O–H groups in total.